The molecular formula is C29H41N5O3. The third-order valence-electron chi connectivity index (χ3n) is 6.10. The highest BCUT2D eigenvalue weighted by Gasteiger charge is 2.23. The summed E-state index contributed by atoms with van der Waals surface area (Å²) in [4.78, 5) is 38.6. The van der Waals surface area contributed by atoms with Gasteiger partial charge in [0.15, 0.2) is 5.78 Å². The molecule has 200 valence electrons. The van der Waals surface area contributed by atoms with Crippen LogP contribution in [0.25, 0.3) is 0 Å². The van der Waals surface area contributed by atoms with Gasteiger partial charge in [-0.1, -0.05) is 62.4 Å². The van der Waals surface area contributed by atoms with Crippen LogP contribution in [0.4, 0.5) is 0 Å². The summed E-state index contributed by atoms with van der Waals surface area (Å²) < 4.78 is 0. The molecule has 37 heavy (non-hydrogen) atoms. The fourth-order valence-electron chi connectivity index (χ4n) is 3.87. The average molecular weight is 508 g/mol. The van der Waals surface area contributed by atoms with E-state index in [2.05, 4.69) is 24.5 Å². The van der Waals surface area contributed by atoms with Crippen molar-refractivity contribution in [3.63, 3.8) is 0 Å². The predicted molar refractivity (Wildman–Crippen MR) is 148 cm³/mol. The lowest BCUT2D eigenvalue weighted by molar-refractivity contribution is -0.126. The topological polar surface area (TPSA) is 153 Å². The first kappa shape index (κ1) is 29.9. The van der Waals surface area contributed by atoms with E-state index in [1.165, 1.54) is 0 Å². The zero-order chi connectivity index (χ0) is 27.2. The Kier molecular flexibility index (Phi) is 12.7. The van der Waals surface area contributed by atoms with E-state index in [1.54, 1.807) is 18.2 Å². The maximum absolute atomic E-state index is 13.0. The minimum absolute atomic E-state index is 0.155. The molecule has 0 aliphatic carbocycles. The zero-order valence-electron chi connectivity index (χ0n) is 21.9. The lowest BCUT2D eigenvalue weighted by Gasteiger charge is -2.23. The van der Waals surface area contributed by atoms with Gasteiger partial charge in [0.1, 0.15) is 6.17 Å². The van der Waals surface area contributed by atoms with Crippen molar-refractivity contribution in [2.45, 2.75) is 64.1 Å². The van der Waals surface area contributed by atoms with Crippen LogP contribution < -0.4 is 27.8 Å². The summed E-state index contributed by atoms with van der Waals surface area (Å²) in [5.74, 6) is -0.674. The Morgan fingerprint density at radius 3 is 2.19 bits per heavy atom. The summed E-state index contributed by atoms with van der Waals surface area (Å²) in [6.07, 6.45) is 2.98. The monoisotopic (exact) mass is 507 g/mol. The van der Waals surface area contributed by atoms with Gasteiger partial charge < -0.3 is 27.8 Å². The lowest BCUT2D eigenvalue weighted by Crippen LogP contribution is -2.53. The Hall–Kier alpha value is -3.33. The first-order valence-electron chi connectivity index (χ1n) is 12.9. The molecule has 2 atom stereocenters. The van der Waals surface area contributed by atoms with Gasteiger partial charge in [0, 0.05) is 12.0 Å². The highest BCUT2D eigenvalue weighted by atomic mass is 16.2. The SMILES string of the molecule is CC(C)c1ccc(C(=O)NC(CCc2ccccc2)NC(=O)C(N)CC(=O)C(=CCCN)CCN)cc1. The average Bonchev–Trinajstić information content (AvgIpc) is 2.90. The molecule has 2 unspecified atom stereocenters. The second kappa shape index (κ2) is 15.7. The standard InChI is InChI=1S/C29H41N5O3/c1-20(2)22-11-13-24(14-12-22)28(36)33-27(15-10-21-7-4-3-5-8-21)34-29(37)25(32)19-26(35)23(16-18-31)9-6-17-30/h3-5,7-9,11-14,20,25,27H,6,10,15-19,30-32H2,1-2H3,(H,33,36)(H,34,37). The summed E-state index contributed by atoms with van der Waals surface area (Å²) in [7, 11) is 0. The van der Waals surface area contributed by atoms with Crippen molar-refractivity contribution in [3.8, 4) is 0 Å². The van der Waals surface area contributed by atoms with Gasteiger partial charge in [0.25, 0.3) is 5.91 Å². The summed E-state index contributed by atoms with van der Waals surface area (Å²) in [6, 6.07) is 16.1. The van der Waals surface area contributed by atoms with Crippen molar-refractivity contribution >= 4 is 17.6 Å². The molecule has 0 radical (unpaired) electrons. The second-order valence-electron chi connectivity index (χ2n) is 9.41. The normalized spacial score (nSPS) is 13.2. The van der Waals surface area contributed by atoms with Gasteiger partial charge in [-0.2, -0.15) is 0 Å². The molecule has 2 aromatic rings. The van der Waals surface area contributed by atoms with Gasteiger partial charge in [0.2, 0.25) is 5.91 Å². The molecule has 0 aliphatic rings. The molecule has 0 saturated heterocycles. The zero-order valence-corrected chi connectivity index (χ0v) is 21.9. The van der Waals surface area contributed by atoms with Gasteiger partial charge in [-0.25, -0.2) is 0 Å². The van der Waals surface area contributed by atoms with Crippen LogP contribution in [0.15, 0.2) is 66.2 Å². The second-order valence-corrected chi connectivity index (χ2v) is 9.41. The minimum Gasteiger partial charge on any atom is -0.335 e. The van der Waals surface area contributed by atoms with Crippen molar-refractivity contribution in [1.82, 2.24) is 10.6 Å². The molecule has 0 aliphatic heterocycles. The van der Waals surface area contributed by atoms with Crippen LogP contribution in [-0.2, 0) is 16.0 Å². The molecule has 2 aromatic carbocycles. The van der Waals surface area contributed by atoms with Crippen LogP contribution in [0.3, 0.4) is 0 Å². The Labute approximate surface area is 220 Å². The number of nitrogens with one attached hydrogen (secondary N) is 2. The largest absolute Gasteiger partial charge is 0.335 e. The van der Waals surface area contributed by atoms with Crippen LogP contribution in [0, 0.1) is 0 Å². The molecule has 8 N–H and O–H groups in total. The van der Waals surface area contributed by atoms with Crippen LogP contribution in [0.5, 0.6) is 0 Å². The number of Topliss-reactive ketones (excluding diaryl/α,β-unsaturated/α-hetero) is 1. The molecule has 8 nitrogen and oxygen atoms in total. The predicted octanol–water partition coefficient (Wildman–Crippen LogP) is 2.53. The number of benzene rings is 2. The number of hydrogen-bond acceptors (Lipinski definition) is 6. The van der Waals surface area contributed by atoms with E-state index in [0.29, 0.717) is 55.8 Å². The van der Waals surface area contributed by atoms with Crippen LogP contribution in [-0.4, -0.2) is 42.9 Å². The number of amides is 2. The molecule has 0 bridgehead atoms. The molecule has 0 fully saturated rings. The van der Waals surface area contributed by atoms with Crippen molar-refractivity contribution in [2.75, 3.05) is 13.1 Å². The quantitative estimate of drug-likeness (QED) is 0.184. The van der Waals surface area contributed by atoms with Crippen molar-refractivity contribution in [2.24, 2.45) is 17.2 Å². The molecule has 2 rings (SSSR count). The Morgan fingerprint density at radius 2 is 1.59 bits per heavy atom. The van der Waals surface area contributed by atoms with E-state index in [9.17, 15) is 14.4 Å². The summed E-state index contributed by atoms with van der Waals surface area (Å²) in [5.41, 5.74) is 20.5. The smallest absolute Gasteiger partial charge is 0.252 e. The Balaban J connectivity index is 2.09. The Bertz CT molecular complexity index is 1040. The van der Waals surface area contributed by atoms with E-state index in [4.69, 9.17) is 17.2 Å². The van der Waals surface area contributed by atoms with Crippen LogP contribution >= 0.6 is 0 Å². The Morgan fingerprint density at radius 1 is 0.919 bits per heavy atom. The number of hydrogen-bond donors (Lipinski definition) is 5. The van der Waals surface area contributed by atoms with Gasteiger partial charge >= 0.3 is 0 Å². The maximum atomic E-state index is 13.0. The van der Waals surface area contributed by atoms with Crippen molar-refractivity contribution < 1.29 is 14.4 Å². The molecule has 0 spiro atoms. The van der Waals surface area contributed by atoms with Crippen LogP contribution in [0.1, 0.15) is 66.9 Å². The number of nitrogens with two attached hydrogens (primary N) is 3. The first-order chi connectivity index (χ1) is 17.7. The summed E-state index contributed by atoms with van der Waals surface area (Å²) in [5, 5.41) is 5.73. The molecule has 0 heterocycles. The highest BCUT2D eigenvalue weighted by Crippen LogP contribution is 2.15. The van der Waals surface area contributed by atoms with E-state index >= 15 is 0 Å². The van der Waals surface area contributed by atoms with Gasteiger partial charge in [-0.3, -0.25) is 14.4 Å². The maximum Gasteiger partial charge on any atom is 0.252 e. The summed E-state index contributed by atoms with van der Waals surface area (Å²) >= 11 is 0. The van der Waals surface area contributed by atoms with Crippen LogP contribution in [0.2, 0.25) is 0 Å². The van der Waals surface area contributed by atoms with E-state index in [-0.39, 0.29) is 18.1 Å². The number of ketones is 1. The number of aryl methyl sites for hydroxylation is 1. The van der Waals surface area contributed by atoms with Crippen molar-refractivity contribution in [3.05, 3.63) is 82.9 Å². The summed E-state index contributed by atoms with van der Waals surface area (Å²) in [6.45, 7) is 4.91. The molecular weight excluding hydrogens is 466 g/mol. The first-order valence-corrected chi connectivity index (χ1v) is 12.9. The third-order valence-corrected chi connectivity index (χ3v) is 6.10. The molecule has 0 aromatic heterocycles. The molecule has 2 amide bonds. The van der Waals surface area contributed by atoms with Crippen molar-refractivity contribution in [1.29, 1.82) is 0 Å². The number of carbonyl (C=O) groups is 3. The molecule has 8 heteroatoms. The number of carbonyl (C=O) groups excluding carboxylic acids is 3. The fourth-order valence-corrected chi connectivity index (χ4v) is 3.87. The van der Waals surface area contributed by atoms with Gasteiger partial charge in [0.05, 0.1) is 6.04 Å². The lowest BCUT2D eigenvalue weighted by atomic mass is 9.99. The highest BCUT2D eigenvalue weighted by molar-refractivity contribution is 5.99. The number of rotatable bonds is 15. The van der Waals surface area contributed by atoms with Gasteiger partial charge in [-0.15, -0.1) is 0 Å². The fraction of sp³-hybridized carbons (Fsp3) is 0.414. The van der Waals surface area contributed by atoms with E-state index in [1.807, 2.05) is 42.5 Å². The van der Waals surface area contributed by atoms with E-state index < -0.39 is 18.1 Å². The van der Waals surface area contributed by atoms with Gasteiger partial charge in [-0.05, 0) is 73.5 Å². The van der Waals surface area contributed by atoms with E-state index in [0.717, 1.165) is 11.1 Å². The molecule has 0 saturated carbocycles. The minimum atomic E-state index is -1.06. The third kappa shape index (κ3) is 10.3.